The van der Waals surface area contributed by atoms with Crippen molar-refractivity contribution in [2.24, 2.45) is 17.3 Å². The number of hydrogen-bond acceptors (Lipinski definition) is 2. The average Bonchev–Trinajstić information content (AvgIpc) is 2.93. The first-order valence-electron chi connectivity index (χ1n) is 6.36. The predicted molar refractivity (Wildman–Crippen MR) is 74.3 cm³/mol. The summed E-state index contributed by atoms with van der Waals surface area (Å²) in [6.45, 7) is 3.32. The lowest BCUT2D eigenvalue weighted by Gasteiger charge is -2.11. The van der Waals surface area contributed by atoms with Gasteiger partial charge in [-0.25, -0.2) is 4.39 Å². The third-order valence-electron chi connectivity index (χ3n) is 3.55. The van der Waals surface area contributed by atoms with E-state index in [0.717, 1.165) is 12.2 Å². The first-order chi connectivity index (χ1) is 9.75. The summed E-state index contributed by atoms with van der Waals surface area (Å²) in [5.74, 6) is -0.732. The minimum Gasteiger partial charge on any atom is -0.441 e. The Bertz CT molecular complexity index is 502. The van der Waals surface area contributed by atoms with Crippen molar-refractivity contribution in [2.75, 3.05) is 5.88 Å². The molecule has 0 amide bonds. The predicted octanol–water partition coefficient (Wildman–Crippen LogP) is 4.07. The maximum Gasteiger partial charge on any atom is 0.311 e. The standard InChI is InChI=1S/C15H16ClF3O2/c1-4-11(10(17)6-5-7-16)21-14(20)13-9(8-12(18)19)15(13,2)3/h1,6,8-9,11,13H,5,7H2,2-3H3/b10-6-. The number of carbonyl (C=O) groups is 1. The highest BCUT2D eigenvalue weighted by Crippen LogP contribution is 2.60. The van der Waals surface area contributed by atoms with Gasteiger partial charge in [0.15, 0.2) is 0 Å². The zero-order chi connectivity index (χ0) is 16.2. The van der Waals surface area contributed by atoms with Crippen LogP contribution in [0.4, 0.5) is 13.2 Å². The van der Waals surface area contributed by atoms with E-state index in [1.54, 1.807) is 13.8 Å². The van der Waals surface area contributed by atoms with Crippen LogP contribution in [0.15, 0.2) is 24.1 Å². The van der Waals surface area contributed by atoms with Crippen LogP contribution >= 0.6 is 11.6 Å². The minimum atomic E-state index is -1.86. The Morgan fingerprint density at radius 1 is 1.48 bits per heavy atom. The smallest absolute Gasteiger partial charge is 0.311 e. The monoisotopic (exact) mass is 320 g/mol. The van der Waals surface area contributed by atoms with Crippen molar-refractivity contribution in [3.63, 3.8) is 0 Å². The van der Waals surface area contributed by atoms with Crippen molar-refractivity contribution in [1.82, 2.24) is 0 Å². The molecule has 1 aliphatic carbocycles. The second-order valence-corrected chi connectivity index (χ2v) is 5.71. The number of terminal acetylenes is 1. The highest BCUT2D eigenvalue weighted by molar-refractivity contribution is 6.17. The number of esters is 1. The first-order valence-corrected chi connectivity index (χ1v) is 6.90. The van der Waals surface area contributed by atoms with Gasteiger partial charge in [-0.1, -0.05) is 19.8 Å². The van der Waals surface area contributed by atoms with Crippen LogP contribution in [0, 0.1) is 29.6 Å². The molecule has 0 N–H and O–H groups in total. The minimum absolute atomic E-state index is 0.205. The van der Waals surface area contributed by atoms with Gasteiger partial charge in [0.05, 0.1) is 5.92 Å². The molecule has 0 radical (unpaired) electrons. The molecule has 1 aliphatic rings. The van der Waals surface area contributed by atoms with Crippen LogP contribution in [0.5, 0.6) is 0 Å². The molecule has 0 aromatic carbocycles. The molecule has 21 heavy (non-hydrogen) atoms. The Kier molecular flexibility index (Phi) is 5.91. The molecule has 3 unspecified atom stereocenters. The third kappa shape index (κ3) is 4.28. The highest BCUT2D eigenvalue weighted by atomic mass is 35.5. The Hall–Kier alpha value is -1.41. The number of allylic oxidation sites excluding steroid dienone is 2. The summed E-state index contributed by atoms with van der Waals surface area (Å²) < 4.78 is 43.1. The summed E-state index contributed by atoms with van der Waals surface area (Å²) in [4.78, 5) is 11.9. The number of halogens is 4. The lowest BCUT2D eigenvalue weighted by atomic mass is 10.1. The van der Waals surface area contributed by atoms with E-state index in [2.05, 4.69) is 0 Å². The van der Waals surface area contributed by atoms with E-state index < -0.39 is 41.2 Å². The average molecular weight is 321 g/mol. The first kappa shape index (κ1) is 17.6. The summed E-state index contributed by atoms with van der Waals surface area (Å²) in [6, 6.07) is 0. The third-order valence-corrected chi connectivity index (χ3v) is 3.77. The Morgan fingerprint density at radius 2 is 2.10 bits per heavy atom. The molecule has 3 atom stereocenters. The van der Waals surface area contributed by atoms with Gasteiger partial charge in [0.25, 0.3) is 6.08 Å². The number of alkyl halides is 1. The molecule has 0 bridgehead atoms. The number of rotatable bonds is 6. The number of carbonyl (C=O) groups excluding carboxylic acids is 1. The van der Waals surface area contributed by atoms with Crippen LogP contribution in [-0.2, 0) is 9.53 Å². The van der Waals surface area contributed by atoms with Gasteiger partial charge < -0.3 is 4.74 Å². The van der Waals surface area contributed by atoms with Gasteiger partial charge >= 0.3 is 5.97 Å². The lowest BCUT2D eigenvalue weighted by Crippen LogP contribution is -2.20. The second-order valence-electron chi connectivity index (χ2n) is 5.33. The molecule has 6 heteroatoms. The van der Waals surface area contributed by atoms with E-state index in [1.165, 1.54) is 0 Å². The van der Waals surface area contributed by atoms with Crippen LogP contribution < -0.4 is 0 Å². The SMILES string of the molecule is C#CC(OC(=O)C1C(C=C(F)F)C1(C)C)/C(F)=C/CCCl. The van der Waals surface area contributed by atoms with Gasteiger partial charge in [-0.05, 0) is 24.0 Å². The zero-order valence-corrected chi connectivity index (χ0v) is 12.5. The Morgan fingerprint density at radius 3 is 2.57 bits per heavy atom. The van der Waals surface area contributed by atoms with Gasteiger partial charge in [-0.15, -0.1) is 18.0 Å². The molecule has 1 rings (SSSR count). The van der Waals surface area contributed by atoms with Crippen molar-refractivity contribution in [1.29, 1.82) is 0 Å². The second kappa shape index (κ2) is 7.04. The molecule has 116 valence electrons. The van der Waals surface area contributed by atoms with Crippen molar-refractivity contribution < 1.29 is 22.7 Å². The molecule has 0 saturated heterocycles. The van der Waals surface area contributed by atoms with E-state index in [1.807, 2.05) is 5.92 Å². The van der Waals surface area contributed by atoms with Crippen molar-refractivity contribution in [2.45, 2.75) is 26.4 Å². The van der Waals surface area contributed by atoms with E-state index in [-0.39, 0.29) is 12.3 Å². The summed E-state index contributed by atoms with van der Waals surface area (Å²) in [6.07, 6.45) is 3.93. The molecule has 1 fully saturated rings. The quantitative estimate of drug-likeness (QED) is 0.419. The molecular formula is C15H16ClF3O2. The Balaban J connectivity index is 2.73. The summed E-state index contributed by atoms with van der Waals surface area (Å²) in [5.41, 5.74) is -0.657. The summed E-state index contributed by atoms with van der Waals surface area (Å²) >= 11 is 5.42. The van der Waals surface area contributed by atoms with Crippen molar-refractivity contribution in [3.8, 4) is 12.3 Å². The van der Waals surface area contributed by atoms with Gasteiger partial charge in [0, 0.05) is 11.8 Å². The maximum atomic E-state index is 13.6. The maximum absolute atomic E-state index is 13.6. The number of ether oxygens (including phenoxy) is 1. The molecule has 0 aromatic rings. The normalized spacial score (nSPS) is 24.7. The van der Waals surface area contributed by atoms with E-state index >= 15 is 0 Å². The molecular weight excluding hydrogens is 305 g/mol. The van der Waals surface area contributed by atoms with E-state index in [0.29, 0.717) is 0 Å². The van der Waals surface area contributed by atoms with Crippen molar-refractivity contribution >= 4 is 17.6 Å². The van der Waals surface area contributed by atoms with E-state index in [9.17, 15) is 18.0 Å². The molecule has 2 nitrogen and oxygen atoms in total. The zero-order valence-electron chi connectivity index (χ0n) is 11.7. The fraction of sp³-hybridized carbons (Fsp3) is 0.533. The van der Waals surface area contributed by atoms with Gasteiger partial charge in [0.1, 0.15) is 5.83 Å². The summed E-state index contributed by atoms with van der Waals surface area (Å²) in [5, 5.41) is 0. The highest BCUT2D eigenvalue weighted by Gasteiger charge is 2.62. The van der Waals surface area contributed by atoms with Crippen LogP contribution in [-0.4, -0.2) is 18.0 Å². The van der Waals surface area contributed by atoms with Crippen LogP contribution in [0.1, 0.15) is 20.3 Å². The molecule has 0 heterocycles. The topological polar surface area (TPSA) is 26.3 Å². The summed E-state index contributed by atoms with van der Waals surface area (Å²) in [7, 11) is 0. The van der Waals surface area contributed by atoms with Crippen molar-refractivity contribution in [3.05, 3.63) is 24.1 Å². The fourth-order valence-corrected chi connectivity index (χ4v) is 2.34. The van der Waals surface area contributed by atoms with E-state index in [4.69, 9.17) is 22.8 Å². The number of hydrogen-bond donors (Lipinski definition) is 0. The van der Waals surface area contributed by atoms with Gasteiger partial charge in [-0.3, -0.25) is 4.79 Å². The lowest BCUT2D eigenvalue weighted by molar-refractivity contribution is -0.148. The van der Waals surface area contributed by atoms with Gasteiger partial charge in [-0.2, -0.15) is 8.78 Å². The molecule has 1 saturated carbocycles. The molecule has 0 spiro atoms. The van der Waals surface area contributed by atoms with Gasteiger partial charge in [0.2, 0.25) is 6.10 Å². The largest absolute Gasteiger partial charge is 0.441 e. The van der Waals surface area contributed by atoms with Crippen LogP contribution in [0.3, 0.4) is 0 Å². The fourth-order valence-electron chi connectivity index (χ4n) is 2.23. The van der Waals surface area contributed by atoms with Crippen LogP contribution in [0.25, 0.3) is 0 Å². The molecule has 0 aromatic heterocycles. The Labute approximate surface area is 127 Å². The molecule has 0 aliphatic heterocycles. The van der Waals surface area contributed by atoms with Crippen LogP contribution in [0.2, 0.25) is 0 Å².